The summed E-state index contributed by atoms with van der Waals surface area (Å²) in [4.78, 5) is 29.8. The van der Waals surface area contributed by atoms with Gasteiger partial charge >= 0.3 is 7.60 Å². The Balaban J connectivity index is 3.25. The molecular weight excluding hydrogens is 301 g/mol. The summed E-state index contributed by atoms with van der Waals surface area (Å²) in [5.41, 5.74) is 0. The average Bonchev–Trinajstić information content (AvgIpc) is 2.42. The van der Waals surface area contributed by atoms with E-state index in [4.69, 9.17) is 24.0 Å². The molecule has 0 aliphatic carbocycles. The zero-order chi connectivity index (χ0) is 16.1. The molecule has 0 bridgehead atoms. The van der Waals surface area contributed by atoms with Crippen molar-refractivity contribution in [3.63, 3.8) is 0 Å². The minimum absolute atomic E-state index is 0.00774. The minimum atomic E-state index is -3.98. The van der Waals surface area contributed by atoms with E-state index in [-0.39, 0.29) is 25.3 Å². The normalized spacial score (nSPS) is 11.4. The Labute approximate surface area is 124 Å². The van der Waals surface area contributed by atoms with Crippen molar-refractivity contribution in [3.8, 4) is 0 Å². The van der Waals surface area contributed by atoms with Crippen molar-refractivity contribution in [3.05, 3.63) is 12.7 Å². The summed E-state index contributed by atoms with van der Waals surface area (Å²) in [6.45, 7) is 5.69. The Morgan fingerprint density at radius 1 is 1.10 bits per heavy atom. The molecule has 0 radical (unpaired) electrons. The molecule has 9 heteroatoms. The number of ether oxygens (including phenoxy) is 3. The van der Waals surface area contributed by atoms with Crippen molar-refractivity contribution in [2.45, 2.75) is 0 Å². The smallest absolute Gasteiger partial charge is 0.327 e. The van der Waals surface area contributed by atoms with Gasteiger partial charge in [0.2, 0.25) is 5.91 Å². The Hall–Kier alpha value is -0.760. The quantitative estimate of drug-likeness (QED) is 0.276. The van der Waals surface area contributed by atoms with E-state index in [0.717, 1.165) is 0 Å². The molecule has 0 aromatic rings. The summed E-state index contributed by atoms with van der Waals surface area (Å²) >= 11 is 0. The van der Waals surface area contributed by atoms with E-state index < -0.39 is 7.60 Å². The van der Waals surface area contributed by atoms with Gasteiger partial charge in [-0.3, -0.25) is 9.36 Å². The highest BCUT2D eigenvalue weighted by atomic mass is 31.2. The lowest BCUT2D eigenvalue weighted by molar-refractivity contribution is -0.125. The molecule has 0 unspecified atom stereocenters. The second kappa shape index (κ2) is 11.9. The molecule has 124 valence electrons. The van der Waals surface area contributed by atoms with Crippen LogP contribution in [0.2, 0.25) is 0 Å². The van der Waals surface area contributed by atoms with Gasteiger partial charge in [0.25, 0.3) is 0 Å². The van der Waals surface area contributed by atoms with Gasteiger partial charge in [0, 0.05) is 13.6 Å². The molecule has 21 heavy (non-hydrogen) atoms. The van der Waals surface area contributed by atoms with Crippen LogP contribution in [0.3, 0.4) is 0 Å². The van der Waals surface area contributed by atoms with Crippen LogP contribution in [0.1, 0.15) is 0 Å². The molecule has 0 spiro atoms. The van der Waals surface area contributed by atoms with Crippen molar-refractivity contribution >= 4 is 13.5 Å². The van der Waals surface area contributed by atoms with E-state index in [9.17, 15) is 9.36 Å². The topological polar surface area (TPSA) is 106 Å². The molecule has 0 saturated heterocycles. The predicted octanol–water partition coefficient (Wildman–Crippen LogP) is -0.142. The van der Waals surface area contributed by atoms with Crippen molar-refractivity contribution in [1.82, 2.24) is 4.90 Å². The lowest BCUT2D eigenvalue weighted by atomic mass is 10.5. The van der Waals surface area contributed by atoms with Crippen LogP contribution in [0.15, 0.2) is 12.7 Å². The maximum atomic E-state index is 11.1. The zero-order valence-electron chi connectivity index (χ0n) is 12.3. The Bertz CT molecular complexity index is 344. The third kappa shape index (κ3) is 14.0. The molecule has 0 aliphatic heterocycles. The fourth-order valence-electron chi connectivity index (χ4n) is 1.19. The van der Waals surface area contributed by atoms with Gasteiger partial charge in [0.05, 0.1) is 45.8 Å². The van der Waals surface area contributed by atoms with Crippen LogP contribution >= 0.6 is 7.60 Å². The fraction of sp³-hybridized carbons (Fsp3) is 0.750. The third-order valence-corrected chi connectivity index (χ3v) is 3.16. The maximum Gasteiger partial charge on any atom is 0.327 e. The van der Waals surface area contributed by atoms with Gasteiger partial charge in [-0.25, -0.2) is 0 Å². The first kappa shape index (κ1) is 20.2. The molecule has 1 amide bonds. The van der Waals surface area contributed by atoms with Crippen molar-refractivity contribution in [2.24, 2.45) is 0 Å². The SMILES string of the molecule is C=CC(=O)N(C)CCOCCOCCOCCP(=O)(O)O. The Morgan fingerprint density at radius 3 is 2.05 bits per heavy atom. The number of hydrogen-bond acceptors (Lipinski definition) is 5. The molecular formula is C12H24NO7P. The third-order valence-electron chi connectivity index (χ3n) is 2.39. The predicted molar refractivity (Wildman–Crippen MR) is 77.2 cm³/mol. The van der Waals surface area contributed by atoms with Gasteiger partial charge in [-0.15, -0.1) is 0 Å². The number of carbonyl (C=O) groups excluding carboxylic acids is 1. The van der Waals surface area contributed by atoms with Crippen molar-refractivity contribution < 1.29 is 33.4 Å². The van der Waals surface area contributed by atoms with Crippen LogP contribution in [0.5, 0.6) is 0 Å². The summed E-state index contributed by atoms with van der Waals surface area (Å²) < 4.78 is 26.0. The van der Waals surface area contributed by atoms with Crippen LogP contribution in [-0.4, -0.2) is 80.0 Å². The van der Waals surface area contributed by atoms with Crippen LogP contribution in [0.4, 0.5) is 0 Å². The molecule has 0 aromatic carbocycles. The zero-order valence-corrected chi connectivity index (χ0v) is 13.2. The molecule has 0 rings (SSSR count). The first-order valence-electron chi connectivity index (χ1n) is 6.52. The van der Waals surface area contributed by atoms with E-state index in [1.54, 1.807) is 7.05 Å². The highest BCUT2D eigenvalue weighted by molar-refractivity contribution is 7.51. The van der Waals surface area contributed by atoms with E-state index in [2.05, 4.69) is 6.58 Å². The molecule has 0 atom stereocenters. The highest BCUT2D eigenvalue weighted by Gasteiger charge is 2.11. The number of likely N-dealkylation sites (N-methyl/N-ethyl adjacent to an activating group) is 1. The minimum Gasteiger partial charge on any atom is -0.378 e. The van der Waals surface area contributed by atoms with Crippen molar-refractivity contribution in [1.29, 1.82) is 0 Å². The van der Waals surface area contributed by atoms with Gasteiger partial charge in [-0.1, -0.05) is 6.58 Å². The van der Waals surface area contributed by atoms with E-state index in [1.165, 1.54) is 11.0 Å². The first-order chi connectivity index (χ1) is 9.87. The molecule has 0 aromatic heterocycles. The number of amides is 1. The summed E-state index contributed by atoms with van der Waals surface area (Å²) in [6, 6.07) is 0. The number of carbonyl (C=O) groups is 1. The number of rotatable bonds is 13. The van der Waals surface area contributed by atoms with Gasteiger partial charge in [0.1, 0.15) is 0 Å². The number of hydrogen-bond donors (Lipinski definition) is 2. The first-order valence-corrected chi connectivity index (χ1v) is 8.32. The summed E-state index contributed by atoms with van der Waals surface area (Å²) in [5, 5.41) is 0. The largest absolute Gasteiger partial charge is 0.378 e. The van der Waals surface area contributed by atoms with Crippen LogP contribution in [-0.2, 0) is 23.6 Å². The van der Waals surface area contributed by atoms with E-state index in [1.807, 2.05) is 0 Å². The second-order valence-electron chi connectivity index (χ2n) is 4.19. The highest BCUT2D eigenvalue weighted by Crippen LogP contribution is 2.33. The van der Waals surface area contributed by atoms with Crippen molar-refractivity contribution in [2.75, 3.05) is 59.4 Å². The second-order valence-corrected chi connectivity index (χ2v) is 5.97. The molecule has 0 heterocycles. The molecule has 0 fully saturated rings. The fourth-order valence-corrected chi connectivity index (χ4v) is 1.56. The average molecular weight is 325 g/mol. The molecule has 2 N–H and O–H groups in total. The monoisotopic (exact) mass is 325 g/mol. The van der Waals surface area contributed by atoms with Gasteiger partial charge in [0.15, 0.2) is 0 Å². The summed E-state index contributed by atoms with van der Waals surface area (Å²) in [5.74, 6) is -0.151. The van der Waals surface area contributed by atoms with Gasteiger partial charge in [-0.05, 0) is 6.08 Å². The summed E-state index contributed by atoms with van der Waals surface area (Å²) in [6.07, 6.45) is 0.961. The van der Waals surface area contributed by atoms with Crippen LogP contribution in [0.25, 0.3) is 0 Å². The van der Waals surface area contributed by atoms with E-state index >= 15 is 0 Å². The number of nitrogens with zero attached hydrogens (tertiary/aromatic N) is 1. The molecule has 0 aliphatic rings. The maximum absolute atomic E-state index is 11.1. The van der Waals surface area contributed by atoms with Crippen LogP contribution in [0, 0.1) is 0 Å². The lowest BCUT2D eigenvalue weighted by Crippen LogP contribution is -2.28. The molecule has 0 saturated carbocycles. The van der Waals surface area contributed by atoms with Crippen LogP contribution < -0.4 is 0 Å². The summed E-state index contributed by atoms with van der Waals surface area (Å²) in [7, 11) is -2.31. The Kier molecular flexibility index (Phi) is 11.4. The molecule has 8 nitrogen and oxygen atoms in total. The standard InChI is InChI=1S/C12H24NO7P/c1-3-12(14)13(2)4-5-18-6-7-19-8-9-20-10-11-21(15,16)17/h3H,1,4-11H2,2H3,(H2,15,16,17). The van der Waals surface area contributed by atoms with Gasteiger partial charge in [-0.2, -0.15) is 0 Å². The van der Waals surface area contributed by atoms with E-state index in [0.29, 0.717) is 33.0 Å². The van der Waals surface area contributed by atoms with Gasteiger partial charge < -0.3 is 28.9 Å². The Morgan fingerprint density at radius 2 is 1.57 bits per heavy atom. The lowest BCUT2D eigenvalue weighted by Gasteiger charge is -2.14.